The summed E-state index contributed by atoms with van der Waals surface area (Å²) in [5.41, 5.74) is 0.574. The van der Waals surface area contributed by atoms with Crippen LogP contribution in [0.5, 0.6) is 11.5 Å². The first-order valence-electron chi connectivity index (χ1n) is 15.6. The molecule has 0 bridgehead atoms. The molecule has 234 valence electrons. The molecule has 0 saturated heterocycles. The normalized spacial score (nSPS) is 10.2. The highest BCUT2D eigenvalue weighted by atomic mass is 16.5. The van der Waals surface area contributed by atoms with Gasteiger partial charge in [-0.3, -0.25) is 9.59 Å². The molecule has 0 spiro atoms. The Morgan fingerprint density at radius 1 is 0.545 bits per heavy atom. The third-order valence-corrected chi connectivity index (χ3v) is 6.88. The van der Waals surface area contributed by atoms with Crippen molar-refractivity contribution in [2.24, 2.45) is 0 Å². The van der Waals surface area contributed by atoms with E-state index in [0.717, 1.165) is 89.9 Å². The van der Waals surface area contributed by atoms with Crippen molar-refractivity contribution in [1.29, 1.82) is 0 Å². The Morgan fingerprint density at radius 3 is 1.30 bits per heavy atom. The maximum absolute atomic E-state index is 12.0. The highest BCUT2D eigenvalue weighted by Gasteiger charge is 2.13. The Balaban J connectivity index is 1.36. The lowest BCUT2D eigenvalue weighted by Crippen LogP contribution is -2.29. The van der Waals surface area contributed by atoms with Crippen LogP contribution in [0.15, 0.2) is 48.5 Å². The summed E-state index contributed by atoms with van der Waals surface area (Å²) < 4.78 is 10.5. The van der Waals surface area contributed by atoms with Gasteiger partial charge < -0.3 is 29.6 Å². The van der Waals surface area contributed by atoms with Crippen LogP contribution in [0, 0.1) is 23.7 Å². The van der Waals surface area contributed by atoms with Crippen LogP contribution in [-0.2, 0) is 9.59 Å². The minimum Gasteiger partial charge on any atom is -0.427 e. The topological polar surface area (TPSA) is 134 Å². The van der Waals surface area contributed by atoms with Crippen LogP contribution in [0.2, 0.25) is 0 Å². The second kappa shape index (κ2) is 22.9. The molecule has 0 radical (unpaired) electrons. The van der Waals surface area contributed by atoms with Gasteiger partial charge in [-0.2, -0.15) is 0 Å². The number of hydrogen-bond acceptors (Lipinski definition) is 8. The molecule has 0 amide bonds. The molecule has 0 atom stereocenters. The zero-order chi connectivity index (χ0) is 31.8. The van der Waals surface area contributed by atoms with E-state index in [2.05, 4.69) is 23.7 Å². The van der Waals surface area contributed by atoms with Gasteiger partial charge in [0, 0.05) is 25.7 Å². The van der Waals surface area contributed by atoms with Crippen molar-refractivity contribution < 1.29 is 39.2 Å². The Morgan fingerprint density at radius 2 is 0.909 bits per heavy atom. The van der Waals surface area contributed by atoms with Gasteiger partial charge in [-0.15, -0.1) is 0 Å². The summed E-state index contributed by atoms with van der Waals surface area (Å²) in [6.45, 7) is 0. The monoisotopic (exact) mass is 602 g/mol. The van der Waals surface area contributed by atoms with Crippen molar-refractivity contribution >= 4 is 37.1 Å². The van der Waals surface area contributed by atoms with Gasteiger partial charge in [0.15, 0.2) is 0 Å². The lowest BCUT2D eigenvalue weighted by Gasteiger charge is -2.06. The predicted octanol–water partition coefficient (Wildman–Crippen LogP) is 3.81. The predicted molar refractivity (Wildman–Crippen MR) is 173 cm³/mol. The molecule has 0 aliphatic rings. The van der Waals surface area contributed by atoms with Crippen LogP contribution < -0.4 is 20.4 Å². The maximum Gasteiger partial charge on any atom is 0.488 e. The van der Waals surface area contributed by atoms with Crippen molar-refractivity contribution in [2.45, 2.75) is 103 Å². The van der Waals surface area contributed by atoms with Crippen molar-refractivity contribution in [3.8, 4) is 35.2 Å². The van der Waals surface area contributed by atoms with Crippen molar-refractivity contribution in [2.75, 3.05) is 0 Å². The van der Waals surface area contributed by atoms with E-state index in [9.17, 15) is 29.7 Å². The van der Waals surface area contributed by atoms with Gasteiger partial charge in [-0.25, -0.2) is 0 Å². The first kappa shape index (κ1) is 36.7. The number of benzene rings is 2. The van der Waals surface area contributed by atoms with E-state index >= 15 is 0 Å². The molecule has 2 aromatic carbocycles. The van der Waals surface area contributed by atoms with E-state index in [4.69, 9.17) is 9.47 Å². The number of unbranched alkanes of at least 4 members (excludes halogenated alkanes) is 12. The quantitative estimate of drug-likeness (QED) is 0.0592. The Kier molecular flexibility index (Phi) is 19.1. The van der Waals surface area contributed by atoms with E-state index in [1.54, 1.807) is 36.4 Å². The van der Waals surface area contributed by atoms with E-state index in [0.29, 0.717) is 24.3 Å². The maximum atomic E-state index is 12.0. The van der Waals surface area contributed by atoms with Crippen LogP contribution in [-0.4, -0.2) is 46.3 Å². The van der Waals surface area contributed by atoms with Crippen LogP contribution >= 0.6 is 0 Å². The van der Waals surface area contributed by atoms with Gasteiger partial charge in [0.1, 0.15) is 11.5 Å². The molecule has 4 N–H and O–H groups in total. The summed E-state index contributed by atoms with van der Waals surface area (Å²) in [6.07, 6.45) is 14.5. The summed E-state index contributed by atoms with van der Waals surface area (Å²) >= 11 is 0. The fourth-order valence-corrected chi connectivity index (χ4v) is 4.44. The largest absolute Gasteiger partial charge is 0.488 e. The molecule has 0 heterocycles. The van der Waals surface area contributed by atoms with E-state index in [-0.39, 0.29) is 22.9 Å². The molecule has 0 unspecified atom stereocenters. The molecule has 0 aliphatic carbocycles. The van der Waals surface area contributed by atoms with Gasteiger partial charge in [0.2, 0.25) is 0 Å². The van der Waals surface area contributed by atoms with Gasteiger partial charge in [0.05, 0.1) is 0 Å². The van der Waals surface area contributed by atoms with Crippen molar-refractivity contribution in [3.05, 3.63) is 48.5 Å². The van der Waals surface area contributed by atoms with Crippen LogP contribution in [0.1, 0.15) is 103 Å². The minimum absolute atomic E-state index is 0.287. The van der Waals surface area contributed by atoms with Gasteiger partial charge in [-0.1, -0.05) is 87.5 Å². The second-order valence-electron chi connectivity index (χ2n) is 10.7. The summed E-state index contributed by atoms with van der Waals surface area (Å²) in [5, 5.41) is 36.8. The zero-order valence-electron chi connectivity index (χ0n) is 25.5. The molecule has 2 rings (SSSR count). The third-order valence-electron chi connectivity index (χ3n) is 6.88. The summed E-state index contributed by atoms with van der Waals surface area (Å²) in [7, 11) is -3.18. The molecular weight excluding hydrogens is 558 g/mol. The average Bonchev–Trinajstić information content (AvgIpc) is 3.00. The number of carbonyl (C=O) groups excluding carboxylic acids is 2. The lowest BCUT2D eigenvalue weighted by molar-refractivity contribution is -0.135. The van der Waals surface area contributed by atoms with E-state index < -0.39 is 14.2 Å². The highest BCUT2D eigenvalue weighted by Crippen LogP contribution is 2.13. The zero-order valence-corrected chi connectivity index (χ0v) is 25.5. The Hall–Kier alpha value is -3.53. The molecule has 10 heteroatoms. The lowest BCUT2D eigenvalue weighted by atomic mass is 9.80. The van der Waals surface area contributed by atoms with Crippen molar-refractivity contribution in [3.63, 3.8) is 0 Å². The fourth-order valence-electron chi connectivity index (χ4n) is 4.44. The first-order chi connectivity index (χ1) is 21.3. The minimum atomic E-state index is -1.59. The molecule has 44 heavy (non-hydrogen) atoms. The van der Waals surface area contributed by atoms with Gasteiger partial charge in [0.25, 0.3) is 0 Å². The molecule has 0 saturated carbocycles. The number of hydrogen-bond donors (Lipinski definition) is 4. The summed E-state index contributed by atoms with van der Waals surface area (Å²) in [6, 6.07) is 12.5. The van der Waals surface area contributed by atoms with Gasteiger partial charge in [-0.05, 0) is 72.7 Å². The van der Waals surface area contributed by atoms with E-state index in [1.165, 1.54) is 12.1 Å². The van der Waals surface area contributed by atoms with Crippen LogP contribution in [0.4, 0.5) is 0 Å². The van der Waals surface area contributed by atoms with Gasteiger partial charge >= 0.3 is 26.2 Å². The molecular formula is C34H44B2O8. The summed E-state index contributed by atoms with van der Waals surface area (Å²) in [5.74, 6) is 12.1. The molecule has 8 nitrogen and oxygen atoms in total. The van der Waals surface area contributed by atoms with Crippen molar-refractivity contribution in [1.82, 2.24) is 0 Å². The fraction of sp³-hybridized carbons (Fsp3) is 0.471. The standard InChI is InChI=1S/C34H44B2O8/c37-33(43-31-23-19-21-29(27-31)35(39)40)25-17-15-13-11-9-7-5-3-1-2-4-6-8-10-12-14-16-18-26-34(38)44-32-24-20-22-30(28-32)36(41)42/h19-24,27-28,39-42H,5-18,25-26H2. The Labute approximate surface area is 262 Å². The first-order valence-corrected chi connectivity index (χ1v) is 15.6. The number of ether oxygens (including phenoxy) is 2. The smallest absolute Gasteiger partial charge is 0.427 e. The second-order valence-corrected chi connectivity index (χ2v) is 10.7. The third kappa shape index (κ3) is 17.6. The average molecular weight is 602 g/mol. The molecule has 2 aromatic rings. The van der Waals surface area contributed by atoms with E-state index in [1.807, 2.05) is 0 Å². The van der Waals surface area contributed by atoms with Crippen LogP contribution in [0.25, 0.3) is 0 Å². The number of rotatable bonds is 20. The molecule has 0 fully saturated rings. The van der Waals surface area contributed by atoms with Crippen LogP contribution in [0.3, 0.4) is 0 Å². The number of carbonyl (C=O) groups is 2. The summed E-state index contributed by atoms with van der Waals surface area (Å²) in [4.78, 5) is 23.9. The SMILES string of the molecule is O=C(CCCCCCCCC#CC#CCCCCCCCCC(=O)Oc1cccc(B(O)O)c1)Oc1cccc(B(O)O)c1. The highest BCUT2D eigenvalue weighted by molar-refractivity contribution is 6.59. The Bertz CT molecular complexity index is 1160. The molecule has 0 aliphatic heterocycles. The number of esters is 2. The molecule has 0 aromatic heterocycles.